The smallest absolute Gasteiger partial charge is 0.289 e. The number of rotatable bonds is 4. The summed E-state index contributed by atoms with van der Waals surface area (Å²) < 4.78 is 24.6. The van der Waals surface area contributed by atoms with Crippen LogP contribution in [0.5, 0.6) is 0 Å². The van der Waals surface area contributed by atoms with Gasteiger partial charge in [0.05, 0.1) is 22.9 Å². The number of nitrogens with zero attached hydrogens (tertiary/aromatic N) is 3. The molecule has 2 amide bonds. The van der Waals surface area contributed by atoms with Gasteiger partial charge in [0.25, 0.3) is 5.91 Å². The Morgan fingerprint density at radius 3 is 2.40 bits per heavy atom. The normalized spacial score (nSPS) is 17.8. The van der Waals surface area contributed by atoms with E-state index in [-0.39, 0.29) is 11.8 Å². The molecule has 7 nitrogen and oxygen atoms in total. The van der Waals surface area contributed by atoms with Crippen LogP contribution in [0.1, 0.15) is 29.1 Å². The largest absolute Gasteiger partial charge is 0.459 e. The van der Waals surface area contributed by atoms with Crippen LogP contribution >= 0.6 is 0 Å². The SMILES string of the molecule is O=C(c1ccco1)N1CCN(C(=O)C2(c3cc(-c4ccccc4F)on3)CC2)CC1. The van der Waals surface area contributed by atoms with Gasteiger partial charge < -0.3 is 18.7 Å². The topological polar surface area (TPSA) is 79.8 Å². The molecule has 1 aliphatic heterocycles. The highest BCUT2D eigenvalue weighted by molar-refractivity contribution is 5.93. The predicted molar refractivity (Wildman–Crippen MR) is 104 cm³/mol. The highest BCUT2D eigenvalue weighted by Crippen LogP contribution is 2.50. The van der Waals surface area contributed by atoms with Gasteiger partial charge in [-0.1, -0.05) is 17.3 Å². The van der Waals surface area contributed by atoms with Crippen LogP contribution in [0.25, 0.3) is 11.3 Å². The van der Waals surface area contributed by atoms with Crippen LogP contribution in [0, 0.1) is 5.82 Å². The van der Waals surface area contributed by atoms with Crippen molar-refractivity contribution >= 4 is 11.8 Å². The molecular formula is C22H20FN3O4. The Morgan fingerprint density at radius 2 is 1.73 bits per heavy atom. The maximum absolute atomic E-state index is 14.0. The average molecular weight is 409 g/mol. The molecule has 3 aromatic rings. The molecule has 0 atom stereocenters. The highest BCUT2D eigenvalue weighted by Gasteiger charge is 2.55. The Labute approximate surface area is 172 Å². The van der Waals surface area contributed by atoms with Crippen LogP contribution in [0.2, 0.25) is 0 Å². The minimum absolute atomic E-state index is 0.0130. The Balaban J connectivity index is 1.28. The number of aromatic nitrogens is 1. The number of carbonyl (C=O) groups is 2. The number of piperazine rings is 1. The van der Waals surface area contributed by atoms with E-state index in [1.165, 1.54) is 12.3 Å². The molecule has 1 saturated heterocycles. The number of benzene rings is 1. The summed E-state index contributed by atoms with van der Waals surface area (Å²) in [5, 5.41) is 4.09. The zero-order valence-corrected chi connectivity index (χ0v) is 16.2. The molecule has 154 valence electrons. The fourth-order valence-corrected chi connectivity index (χ4v) is 3.96. The molecule has 8 heteroatoms. The van der Waals surface area contributed by atoms with Crippen LogP contribution in [-0.2, 0) is 10.2 Å². The van der Waals surface area contributed by atoms with Crippen molar-refractivity contribution in [2.24, 2.45) is 0 Å². The summed E-state index contributed by atoms with van der Waals surface area (Å²) in [7, 11) is 0. The van der Waals surface area contributed by atoms with E-state index in [0.717, 1.165) is 0 Å². The lowest BCUT2D eigenvalue weighted by Crippen LogP contribution is -2.53. The number of furan rings is 1. The van der Waals surface area contributed by atoms with Crippen molar-refractivity contribution in [2.45, 2.75) is 18.3 Å². The molecule has 1 saturated carbocycles. The Hall–Kier alpha value is -3.42. The zero-order valence-electron chi connectivity index (χ0n) is 16.2. The Bertz CT molecular complexity index is 1080. The van der Waals surface area contributed by atoms with Gasteiger partial charge in [-0.25, -0.2) is 4.39 Å². The number of amides is 2. The number of halogens is 1. The first kappa shape index (κ1) is 18.6. The fourth-order valence-electron chi connectivity index (χ4n) is 3.96. The van der Waals surface area contributed by atoms with E-state index in [1.54, 1.807) is 46.2 Å². The minimum Gasteiger partial charge on any atom is -0.459 e. The average Bonchev–Trinajstić information content (AvgIpc) is 3.18. The van der Waals surface area contributed by atoms with Crippen molar-refractivity contribution < 1.29 is 22.9 Å². The minimum atomic E-state index is -0.708. The van der Waals surface area contributed by atoms with Gasteiger partial charge in [0, 0.05) is 32.2 Å². The maximum Gasteiger partial charge on any atom is 0.289 e. The van der Waals surface area contributed by atoms with Gasteiger partial charge in [-0.2, -0.15) is 0 Å². The molecule has 3 heterocycles. The quantitative estimate of drug-likeness (QED) is 0.662. The standard InChI is InChI=1S/C22H20FN3O4/c23-16-5-2-1-4-15(16)18-14-19(24-30-18)22(7-8-22)21(28)26-11-9-25(10-12-26)20(27)17-6-3-13-29-17/h1-6,13-14H,7-12H2. The van der Waals surface area contributed by atoms with E-state index < -0.39 is 11.2 Å². The molecule has 0 radical (unpaired) electrons. The van der Waals surface area contributed by atoms with Gasteiger partial charge in [0.15, 0.2) is 11.5 Å². The second-order valence-electron chi connectivity index (χ2n) is 7.70. The summed E-state index contributed by atoms with van der Waals surface area (Å²) >= 11 is 0. The van der Waals surface area contributed by atoms with Crippen molar-refractivity contribution in [1.29, 1.82) is 0 Å². The molecule has 0 spiro atoms. The predicted octanol–water partition coefficient (Wildman–Crippen LogP) is 3.09. The molecular weight excluding hydrogens is 389 g/mol. The van der Waals surface area contributed by atoms with E-state index >= 15 is 0 Å². The molecule has 1 aromatic carbocycles. The summed E-state index contributed by atoms with van der Waals surface area (Å²) in [6, 6.07) is 11.3. The van der Waals surface area contributed by atoms with Crippen LogP contribution < -0.4 is 0 Å². The van der Waals surface area contributed by atoms with Crippen molar-refractivity contribution in [3.63, 3.8) is 0 Å². The highest BCUT2D eigenvalue weighted by atomic mass is 19.1. The zero-order chi connectivity index (χ0) is 20.7. The molecule has 5 rings (SSSR count). The maximum atomic E-state index is 14.0. The van der Waals surface area contributed by atoms with E-state index in [9.17, 15) is 14.0 Å². The summed E-state index contributed by atoms with van der Waals surface area (Å²) in [4.78, 5) is 29.1. The first-order valence-corrected chi connectivity index (χ1v) is 9.93. The molecule has 30 heavy (non-hydrogen) atoms. The van der Waals surface area contributed by atoms with Crippen LogP contribution in [0.15, 0.2) is 57.7 Å². The number of hydrogen-bond donors (Lipinski definition) is 0. The molecule has 2 aliphatic rings. The number of carbonyl (C=O) groups excluding carboxylic acids is 2. The van der Waals surface area contributed by atoms with E-state index in [4.69, 9.17) is 8.94 Å². The van der Waals surface area contributed by atoms with Crippen molar-refractivity contribution in [3.05, 3.63) is 66.0 Å². The Morgan fingerprint density at radius 1 is 1.00 bits per heavy atom. The van der Waals surface area contributed by atoms with E-state index in [1.807, 2.05) is 0 Å². The van der Waals surface area contributed by atoms with Crippen LogP contribution in [0.3, 0.4) is 0 Å². The van der Waals surface area contributed by atoms with Gasteiger partial charge in [0.2, 0.25) is 5.91 Å². The third kappa shape index (κ3) is 3.08. The lowest BCUT2D eigenvalue weighted by atomic mass is 9.99. The van der Waals surface area contributed by atoms with Gasteiger partial charge in [0.1, 0.15) is 5.82 Å². The third-order valence-electron chi connectivity index (χ3n) is 5.89. The molecule has 2 fully saturated rings. The first-order valence-electron chi connectivity index (χ1n) is 9.93. The van der Waals surface area contributed by atoms with Crippen molar-refractivity contribution in [2.75, 3.05) is 26.2 Å². The molecule has 0 bridgehead atoms. The fraction of sp³-hybridized carbons (Fsp3) is 0.318. The van der Waals surface area contributed by atoms with Crippen LogP contribution in [0.4, 0.5) is 4.39 Å². The summed E-state index contributed by atoms with van der Waals surface area (Å²) in [6.07, 6.45) is 2.83. The first-order chi connectivity index (χ1) is 14.6. The van der Waals surface area contributed by atoms with Crippen molar-refractivity contribution in [1.82, 2.24) is 15.0 Å². The van der Waals surface area contributed by atoms with Gasteiger partial charge in [-0.15, -0.1) is 0 Å². The summed E-state index contributed by atoms with van der Waals surface area (Å²) in [5.74, 6) is 0.0433. The summed E-state index contributed by atoms with van der Waals surface area (Å²) in [6.45, 7) is 1.79. The second kappa shape index (κ2) is 7.12. The van der Waals surface area contributed by atoms with Gasteiger partial charge in [-0.05, 0) is 37.1 Å². The lowest BCUT2D eigenvalue weighted by molar-refractivity contribution is -0.135. The van der Waals surface area contributed by atoms with Gasteiger partial charge in [-0.3, -0.25) is 9.59 Å². The van der Waals surface area contributed by atoms with Crippen molar-refractivity contribution in [3.8, 4) is 11.3 Å². The molecule has 0 unspecified atom stereocenters. The molecule has 2 aromatic heterocycles. The van der Waals surface area contributed by atoms with Crippen LogP contribution in [-0.4, -0.2) is 52.9 Å². The second-order valence-corrected chi connectivity index (χ2v) is 7.70. The number of hydrogen-bond acceptors (Lipinski definition) is 5. The molecule has 1 aliphatic carbocycles. The van der Waals surface area contributed by atoms with E-state index in [0.29, 0.717) is 61.8 Å². The van der Waals surface area contributed by atoms with E-state index in [2.05, 4.69) is 5.16 Å². The molecule has 0 N–H and O–H groups in total. The lowest BCUT2D eigenvalue weighted by Gasteiger charge is -2.36. The Kier molecular flexibility index (Phi) is 4.42. The monoisotopic (exact) mass is 409 g/mol. The van der Waals surface area contributed by atoms with Gasteiger partial charge >= 0.3 is 0 Å². The third-order valence-corrected chi connectivity index (χ3v) is 5.89. The summed E-state index contributed by atoms with van der Waals surface area (Å²) in [5.41, 5.74) is 0.157.